The lowest BCUT2D eigenvalue weighted by molar-refractivity contribution is -0.126. The number of hydrogen-bond donors (Lipinski definition) is 1. The molecule has 1 N–H and O–H groups in total. The Bertz CT molecular complexity index is 703. The summed E-state index contributed by atoms with van der Waals surface area (Å²) in [6.45, 7) is 8.73. The van der Waals surface area contributed by atoms with Crippen LogP contribution in [0.15, 0.2) is 23.1 Å². The molecule has 140 valence electrons. The zero-order chi connectivity index (χ0) is 18.6. The predicted octanol–water partition coefficient (Wildman–Crippen LogP) is 3.01. The molecular weight excluding hydrogens is 336 g/mol. The Labute approximate surface area is 151 Å². The van der Waals surface area contributed by atoms with Crippen molar-refractivity contribution in [1.29, 1.82) is 0 Å². The lowest BCUT2D eigenvalue weighted by atomic mass is 10.0. The van der Waals surface area contributed by atoms with Crippen molar-refractivity contribution in [1.82, 2.24) is 9.62 Å². The molecule has 0 saturated carbocycles. The second-order valence-electron chi connectivity index (χ2n) is 6.97. The first-order valence-corrected chi connectivity index (χ1v) is 10.6. The Balaban J connectivity index is 2.00. The summed E-state index contributed by atoms with van der Waals surface area (Å²) in [5, 5.41) is 3.09. The zero-order valence-electron chi connectivity index (χ0n) is 15.7. The van der Waals surface area contributed by atoms with Crippen LogP contribution in [0.2, 0.25) is 0 Å². The minimum Gasteiger partial charge on any atom is -0.353 e. The number of hydrogen-bond acceptors (Lipinski definition) is 3. The highest BCUT2D eigenvalue weighted by Gasteiger charge is 2.31. The molecule has 0 spiro atoms. The van der Waals surface area contributed by atoms with Gasteiger partial charge in [0, 0.05) is 25.0 Å². The maximum absolute atomic E-state index is 12.9. The summed E-state index contributed by atoms with van der Waals surface area (Å²) in [5.74, 6) is 0.151. The first kappa shape index (κ1) is 19.9. The van der Waals surface area contributed by atoms with Crippen molar-refractivity contribution >= 4 is 15.9 Å². The molecule has 2 rings (SSSR count). The number of amides is 1. The summed E-state index contributed by atoms with van der Waals surface area (Å²) >= 11 is 0. The van der Waals surface area contributed by atoms with E-state index in [-0.39, 0.29) is 17.9 Å². The number of nitrogens with one attached hydrogen (secondary N) is 1. The molecule has 5 nitrogen and oxygen atoms in total. The van der Waals surface area contributed by atoms with Crippen LogP contribution in [0.25, 0.3) is 0 Å². The molecule has 1 aromatic rings. The third-order valence-corrected chi connectivity index (χ3v) is 7.16. The van der Waals surface area contributed by atoms with Gasteiger partial charge in [0.1, 0.15) is 0 Å². The number of rotatable bonds is 6. The summed E-state index contributed by atoms with van der Waals surface area (Å²) in [5.41, 5.74) is 1.84. The number of aryl methyl sites for hydroxylation is 2. The number of piperidine rings is 1. The van der Waals surface area contributed by atoms with E-state index in [9.17, 15) is 13.2 Å². The van der Waals surface area contributed by atoms with Crippen LogP contribution >= 0.6 is 0 Å². The van der Waals surface area contributed by atoms with Gasteiger partial charge in [-0.05, 0) is 51.2 Å². The van der Waals surface area contributed by atoms with Crippen LogP contribution in [0.3, 0.4) is 0 Å². The van der Waals surface area contributed by atoms with Gasteiger partial charge < -0.3 is 5.32 Å². The van der Waals surface area contributed by atoms with E-state index in [0.29, 0.717) is 30.8 Å². The Hall–Kier alpha value is -1.40. The van der Waals surface area contributed by atoms with Gasteiger partial charge in [0.05, 0.1) is 4.90 Å². The molecule has 1 heterocycles. The maximum Gasteiger partial charge on any atom is 0.243 e. The van der Waals surface area contributed by atoms with E-state index in [4.69, 9.17) is 0 Å². The Morgan fingerprint density at radius 3 is 2.32 bits per heavy atom. The van der Waals surface area contributed by atoms with Crippen molar-refractivity contribution in [3.05, 3.63) is 29.3 Å². The fourth-order valence-electron chi connectivity index (χ4n) is 3.45. The van der Waals surface area contributed by atoms with E-state index >= 15 is 0 Å². The minimum atomic E-state index is -3.47. The van der Waals surface area contributed by atoms with E-state index in [0.717, 1.165) is 24.0 Å². The van der Waals surface area contributed by atoms with E-state index in [1.54, 1.807) is 10.4 Å². The van der Waals surface area contributed by atoms with Gasteiger partial charge >= 0.3 is 0 Å². The van der Waals surface area contributed by atoms with E-state index in [1.165, 1.54) is 0 Å². The quantitative estimate of drug-likeness (QED) is 0.841. The Morgan fingerprint density at radius 2 is 1.80 bits per heavy atom. The first-order valence-electron chi connectivity index (χ1n) is 9.17. The lowest BCUT2D eigenvalue weighted by Crippen LogP contribution is -2.47. The molecule has 6 heteroatoms. The molecule has 0 radical (unpaired) electrons. The summed E-state index contributed by atoms with van der Waals surface area (Å²) in [6, 6.07) is 5.50. The van der Waals surface area contributed by atoms with Crippen molar-refractivity contribution in [2.24, 2.45) is 5.92 Å². The van der Waals surface area contributed by atoms with E-state index < -0.39 is 10.0 Å². The highest BCUT2D eigenvalue weighted by atomic mass is 32.2. The molecule has 1 aromatic carbocycles. The monoisotopic (exact) mass is 366 g/mol. The number of carbonyl (C=O) groups excluding carboxylic acids is 1. The molecule has 0 unspecified atom stereocenters. The number of carbonyl (C=O) groups is 1. The third-order valence-electron chi connectivity index (χ3n) is 5.10. The molecule has 1 fully saturated rings. The van der Waals surface area contributed by atoms with Crippen LogP contribution in [0, 0.1) is 19.8 Å². The van der Waals surface area contributed by atoms with Crippen LogP contribution in [0.1, 0.15) is 50.7 Å². The van der Waals surface area contributed by atoms with E-state index in [1.807, 2.05) is 39.8 Å². The minimum absolute atomic E-state index is 0.0528. The standard InChI is InChI=1S/C19H30N2O3S/c1-5-16(6-2)19(22)20-17-9-11-21(12-10-17)25(23,24)18-8-7-14(3)13-15(18)4/h7-8,13,16-17H,5-6,9-12H2,1-4H3,(H,20,22). The molecule has 25 heavy (non-hydrogen) atoms. The van der Waals surface area contributed by atoms with Gasteiger partial charge in [-0.2, -0.15) is 4.31 Å². The van der Waals surface area contributed by atoms with Gasteiger partial charge in [0.25, 0.3) is 0 Å². The van der Waals surface area contributed by atoms with Crippen molar-refractivity contribution in [2.45, 2.75) is 64.3 Å². The third kappa shape index (κ3) is 4.61. The average Bonchev–Trinajstić information content (AvgIpc) is 2.56. The highest BCUT2D eigenvalue weighted by molar-refractivity contribution is 7.89. The Morgan fingerprint density at radius 1 is 1.20 bits per heavy atom. The topological polar surface area (TPSA) is 66.5 Å². The van der Waals surface area contributed by atoms with Crippen LogP contribution in [-0.2, 0) is 14.8 Å². The SMILES string of the molecule is CCC(CC)C(=O)NC1CCN(S(=O)(=O)c2ccc(C)cc2C)CC1. The zero-order valence-corrected chi connectivity index (χ0v) is 16.5. The van der Waals surface area contributed by atoms with Crippen LogP contribution in [0.4, 0.5) is 0 Å². The second-order valence-corrected chi connectivity index (χ2v) is 8.88. The van der Waals surface area contributed by atoms with Crippen molar-refractivity contribution < 1.29 is 13.2 Å². The summed E-state index contributed by atoms with van der Waals surface area (Å²) in [7, 11) is -3.47. The molecule has 0 aliphatic carbocycles. The normalized spacial score (nSPS) is 17.0. The fourth-order valence-corrected chi connectivity index (χ4v) is 5.12. The van der Waals surface area contributed by atoms with Crippen LogP contribution < -0.4 is 5.32 Å². The van der Waals surface area contributed by atoms with Crippen LogP contribution in [0.5, 0.6) is 0 Å². The second kappa shape index (κ2) is 8.32. The maximum atomic E-state index is 12.9. The fraction of sp³-hybridized carbons (Fsp3) is 0.632. The summed E-state index contributed by atoms with van der Waals surface area (Å²) in [4.78, 5) is 12.6. The van der Waals surface area contributed by atoms with Gasteiger partial charge in [-0.25, -0.2) is 8.42 Å². The van der Waals surface area contributed by atoms with Gasteiger partial charge in [-0.3, -0.25) is 4.79 Å². The molecule has 1 aliphatic rings. The predicted molar refractivity (Wildman–Crippen MR) is 99.9 cm³/mol. The average molecular weight is 367 g/mol. The molecular formula is C19H30N2O3S. The van der Waals surface area contributed by atoms with Gasteiger partial charge in [0.2, 0.25) is 15.9 Å². The van der Waals surface area contributed by atoms with Crippen LogP contribution in [-0.4, -0.2) is 37.8 Å². The first-order chi connectivity index (χ1) is 11.8. The van der Waals surface area contributed by atoms with Crippen molar-refractivity contribution in [2.75, 3.05) is 13.1 Å². The number of nitrogens with zero attached hydrogens (tertiary/aromatic N) is 1. The summed E-state index contributed by atoms with van der Waals surface area (Å²) < 4.78 is 27.3. The number of sulfonamides is 1. The summed E-state index contributed by atoms with van der Waals surface area (Å²) in [6.07, 6.45) is 3.00. The van der Waals surface area contributed by atoms with Gasteiger partial charge in [-0.1, -0.05) is 31.5 Å². The highest BCUT2D eigenvalue weighted by Crippen LogP contribution is 2.24. The molecule has 1 aliphatic heterocycles. The molecule has 0 aromatic heterocycles. The van der Waals surface area contributed by atoms with Crippen molar-refractivity contribution in [3.8, 4) is 0 Å². The molecule has 1 amide bonds. The van der Waals surface area contributed by atoms with Gasteiger partial charge in [-0.15, -0.1) is 0 Å². The Kier molecular flexibility index (Phi) is 6.63. The molecule has 1 saturated heterocycles. The smallest absolute Gasteiger partial charge is 0.243 e. The lowest BCUT2D eigenvalue weighted by Gasteiger charge is -2.32. The molecule has 0 bridgehead atoms. The number of benzene rings is 1. The van der Waals surface area contributed by atoms with E-state index in [2.05, 4.69) is 5.32 Å². The molecule has 0 atom stereocenters. The van der Waals surface area contributed by atoms with Crippen molar-refractivity contribution in [3.63, 3.8) is 0 Å². The van der Waals surface area contributed by atoms with Gasteiger partial charge in [0.15, 0.2) is 0 Å². The largest absolute Gasteiger partial charge is 0.353 e.